The smallest absolute Gasteiger partial charge is 0.233 e. The highest BCUT2D eigenvalue weighted by Gasteiger charge is 2.67. The minimum Gasteiger partial charge on any atom is -0.326 e. The molecule has 1 aromatic carbocycles. The van der Waals surface area contributed by atoms with Gasteiger partial charge in [-0.3, -0.25) is 19.3 Å². The molecule has 2 bridgehead atoms. The fraction of sp³-hybridized carbons (Fsp3) is 0.560. The van der Waals surface area contributed by atoms with Crippen molar-refractivity contribution < 1.29 is 14.4 Å². The highest BCUT2D eigenvalue weighted by molar-refractivity contribution is 6.31. The number of amides is 3. The molecule has 0 radical (unpaired) electrons. The van der Waals surface area contributed by atoms with E-state index >= 15 is 0 Å². The first-order chi connectivity index (χ1) is 14.9. The van der Waals surface area contributed by atoms with E-state index in [0.717, 1.165) is 5.56 Å². The predicted molar refractivity (Wildman–Crippen MR) is 117 cm³/mol. The molecule has 1 N–H and O–H groups in total. The molecule has 7 rings (SSSR count). The lowest BCUT2D eigenvalue weighted by Crippen LogP contribution is -2.44. The van der Waals surface area contributed by atoms with Gasteiger partial charge in [-0.2, -0.15) is 0 Å². The standard InChI is InChI=1S/C25H27ClN2O3/c1-12-2-5-14(10-20(12)26)27-23(29)13-3-6-15(7-4-13)28-24(30)21-16-8-9-17(19-11-18(16)19)22(21)25(28)31/h2,5,8-10,13,15-19,21-22H,3-4,6-7,11H2,1H3,(H,27,29). The SMILES string of the molecule is Cc1ccc(NC(=O)C2CCC(N3C(=O)C4C5C=CC(C6CC56)C4C3=O)CC2)cc1Cl. The lowest BCUT2D eigenvalue weighted by Gasteiger charge is -2.37. The van der Waals surface area contributed by atoms with Crippen LogP contribution < -0.4 is 5.32 Å². The number of anilines is 1. The summed E-state index contributed by atoms with van der Waals surface area (Å²) in [5, 5.41) is 3.61. The first kappa shape index (κ1) is 19.5. The summed E-state index contributed by atoms with van der Waals surface area (Å²) in [5.41, 5.74) is 1.68. The van der Waals surface area contributed by atoms with Crippen molar-refractivity contribution in [2.75, 3.05) is 5.32 Å². The van der Waals surface area contributed by atoms with E-state index in [0.29, 0.717) is 48.2 Å². The van der Waals surface area contributed by atoms with Crippen LogP contribution in [0.25, 0.3) is 0 Å². The van der Waals surface area contributed by atoms with E-state index in [1.807, 2.05) is 19.1 Å². The molecule has 3 saturated carbocycles. The van der Waals surface area contributed by atoms with Crippen LogP contribution in [0, 0.1) is 48.3 Å². The van der Waals surface area contributed by atoms with Gasteiger partial charge in [0.25, 0.3) is 0 Å². The molecule has 1 heterocycles. The second kappa shape index (κ2) is 6.93. The topological polar surface area (TPSA) is 66.5 Å². The normalized spacial score (nSPS) is 40.0. The third-order valence-corrected chi connectivity index (χ3v) is 8.98. The summed E-state index contributed by atoms with van der Waals surface area (Å²) < 4.78 is 0. The van der Waals surface area contributed by atoms with E-state index in [1.54, 1.807) is 11.0 Å². The number of benzene rings is 1. The number of hydrogen-bond acceptors (Lipinski definition) is 3. The summed E-state index contributed by atoms with van der Waals surface area (Å²) in [4.78, 5) is 41.0. The summed E-state index contributed by atoms with van der Waals surface area (Å²) in [6.07, 6.45) is 8.42. The van der Waals surface area contributed by atoms with Crippen LogP contribution in [-0.4, -0.2) is 28.7 Å². The number of allylic oxidation sites excluding steroid dienone is 2. The van der Waals surface area contributed by atoms with Gasteiger partial charge in [0.1, 0.15) is 0 Å². The Morgan fingerprint density at radius 3 is 2.19 bits per heavy atom. The van der Waals surface area contributed by atoms with Crippen LogP contribution in [0.1, 0.15) is 37.7 Å². The maximum atomic E-state index is 13.3. The van der Waals surface area contributed by atoms with Crippen LogP contribution in [0.4, 0.5) is 5.69 Å². The van der Waals surface area contributed by atoms with Gasteiger partial charge >= 0.3 is 0 Å². The van der Waals surface area contributed by atoms with Crippen molar-refractivity contribution in [3.05, 3.63) is 40.9 Å². The molecule has 6 aliphatic rings. The van der Waals surface area contributed by atoms with Crippen molar-refractivity contribution in [1.82, 2.24) is 4.90 Å². The Labute approximate surface area is 187 Å². The second-order valence-corrected chi connectivity index (χ2v) is 10.6. The highest BCUT2D eigenvalue weighted by atomic mass is 35.5. The van der Waals surface area contributed by atoms with Gasteiger partial charge in [0.2, 0.25) is 17.7 Å². The monoisotopic (exact) mass is 438 g/mol. The number of likely N-dealkylation sites (tertiary alicyclic amines) is 1. The molecule has 0 aromatic heterocycles. The van der Waals surface area contributed by atoms with Gasteiger partial charge in [-0.05, 0) is 80.4 Å². The molecule has 6 unspecified atom stereocenters. The van der Waals surface area contributed by atoms with Crippen molar-refractivity contribution in [2.24, 2.45) is 41.4 Å². The molecule has 6 atom stereocenters. The molecule has 1 saturated heterocycles. The predicted octanol–water partition coefficient (Wildman–Crippen LogP) is 4.20. The lowest BCUT2D eigenvalue weighted by molar-refractivity contribution is -0.144. The molecular weight excluding hydrogens is 412 g/mol. The fourth-order valence-electron chi connectivity index (χ4n) is 6.85. The zero-order valence-corrected chi connectivity index (χ0v) is 18.3. The quantitative estimate of drug-likeness (QED) is 0.568. The van der Waals surface area contributed by atoms with E-state index in [2.05, 4.69) is 17.5 Å². The van der Waals surface area contributed by atoms with E-state index in [9.17, 15) is 14.4 Å². The van der Waals surface area contributed by atoms with E-state index in [4.69, 9.17) is 11.6 Å². The van der Waals surface area contributed by atoms with Crippen LogP contribution in [0.15, 0.2) is 30.4 Å². The van der Waals surface area contributed by atoms with E-state index in [-0.39, 0.29) is 53.4 Å². The van der Waals surface area contributed by atoms with Crippen molar-refractivity contribution in [3.8, 4) is 0 Å². The third kappa shape index (κ3) is 2.92. The first-order valence-corrected chi connectivity index (χ1v) is 11.9. The summed E-state index contributed by atoms with van der Waals surface area (Å²) in [5.74, 6) is 1.55. The van der Waals surface area contributed by atoms with E-state index < -0.39 is 0 Å². The number of halogens is 1. The third-order valence-electron chi connectivity index (χ3n) is 8.57. The molecule has 31 heavy (non-hydrogen) atoms. The van der Waals surface area contributed by atoms with Gasteiger partial charge in [0.05, 0.1) is 11.8 Å². The molecule has 5 aliphatic carbocycles. The molecule has 1 aromatic rings. The van der Waals surface area contributed by atoms with Crippen LogP contribution >= 0.6 is 11.6 Å². The van der Waals surface area contributed by atoms with Crippen LogP contribution in [0.5, 0.6) is 0 Å². The Kier molecular flexibility index (Phi) is 4.37. The van der Waals surface area contributed by atoms with Crippen LogP contribution in [0.3, 0.4) is 0 Å². The van der Waals surface area contributed by atoms with Crippen LogP contribution in [-0.2, 0) is 14.4 Å². The van der Waals surface area contributed by atoms with Gasteiger partial charge < -0.3 is 5.32 Å². The molecule has 0 spiro atoms. The number of nitrogens with zero attached hydrogens (tertiary/aromatic N) is 1. The summed E-state index contributed by atoms with van der Waals surface area (Å²) in [6, 6.07) is 5.47. The van der Waals surface area contributed by atoms with Crippen molar-refractivity contribution in [2.45, 2.75) is 45.1 Å². The van der Waals surface area contributed by atoms with Gasteiger partial charge in [-0.25, -0.2) is 0 Å². The largest absolute Gasteiger partial charge is 0.326 e. The zero-order chi connectivity index (χ0) is 21.4. The molecule has 3 amide bonds. The maximum Gasteiger partial charge on any atom is 0.233 e. The number of carbonyl (C=O) groups is 3. The van der Waals surface area contributed by atoms with Gasteiger partial charge in [-0.15, -0.1) is 0 Å². The number of imide groups is 1. The number of aryl methyl sites for hydroxylation is 1. The minimum atomic E-state index is -0.126. The number of carbonyl (C=O) groups excluding carboxylic acids is 3. The average Bonchev–Trinajstić information content (AvgIpc) is 3.54. The molecule has 4 fully saturated rings. The second-order valence-electron chi connectivity index (χ2n) is 10.2. The number of hydrogen-bond donors (Lipinski definition) is 1. The zero-order valence-electron chi connectivity index (χ0n) is 17.6. The Bertz CT molecular complexity index is 976. The number of rotatable bonds is 3. The Morgan fingerprint density at radius 1 is 1.00 bits per heavy atom. The molecule has 1 aliphatic heterocycles. The Morgan fingerprint density at radius 2 is 1.61 bits per heavy atom. The summed E-state index contributed by atoms with van der Waals surface area (Å²) in [6.45, 7) is 1.93. The summed E-state index contributed by atoms with van der Waals surface area (Å²) in [7, 11) is 0. The highest BCUT2D eigenvalue weighted by Crippen LogP contribution is 2.65. The van der Waals surface area contributed by atoms with Gasteiger partial charge in [0.15, 0.2) is 0 Å². The molecule has 162 valence electrons. The van der Waals surface area contributed by atoms with Crippen molar-refractivity contribution in [1.29, 1.82) is 0 Å². The lowest BCUT2D eigenvalue weighted by atomic mass is 9.63. The first-order valence-electron chi connectivity index (χ1n) is 11.6. The van der Waals surface area contributed by atoms with Gasteiger partial charge in [-0.1, -0.05) is 29.8 Å². The number of nitrogens with one attached hydrogen (secondary N) is 1. The van der Waals surface area contributed by atoms with Crippen LogP contribution in [0.2, 0.25) is 5.02 Å². The summed E-state index contributed by atoms with van der Waals surface area (Å²) >= 11 is 6.17. The van der Waals surface area contributed by atoms with Crippen molar-refractivity contribution in [3.63, 3.8) is 0 Å². The fourth-order valence-corrected chi connectivity index (χ4v) is 7.03. The molecular formula is C25H27ClN2O3. The van der Waals surface area contributed by atoms with Crippen molar-refractivity contribution >= 4 is 35.0 Å². The Balaban J connectivity index is 1.11. The average molecular weight is 439 g/mol. The maximum absolute atomic E-state index is 13.3. The molecule has 5 nitrogen and oxygen atoms in total. The minimum absolute atomic E-state index is 0.00607. The Hall–Kier alpha value is -2.14. The molecule has 6 heteroatoms. The van der Waals surface area contributed by atoms with E-state index in [1.165, 1.54) is 6.42 Å². The van der Waals surface area contributed by atoms with Gasteiger partial charge in [0, 0.05) is 22.7 Å².